The molecule has 0 aliphatic carbocycles. The molecule has 0 heterocycles. The van der Waals surface area contributed by atoms with Crippen LogP contribution in [0.15, 0.2) is 0 Å². The lowest BCUT2D eigenvalue weighted by molar-refractivity contribution is -0.870. The third-order valence-electron chi connectivity index (χ3n) is 1.44. The molecule has 4 N–H and O–H groups in total. The van der Waals surface area contributed by atoms with Crippen molar-refractivity contribution in [3.8, 4) is 0 Å². The van der Waals surface area contributed by atoms with Gasteiger partial charge in [0.2, 0.25) is 0 Å². The molecule has 0 rings (SSSR count). The Labute approximate surface area is 108 Å². The predicted octanol–water partition coefficient (Wildman–Crippen LogP) is -0.382. The molecule has 7 nitrogen and oxygen atoms in total. The van der Waals surface area contributed by atoms with Crippen LogP contribution in [0.3, 0.4) is 0 Å². The Morgan fingerprint density at radius 3 is 1.50 bits per heavy atom. The average Bonchev–Trinajstić information content (AvgIpc) is 2.14. The van der Waals surface area contributed by atoms with Crippen LogP contribution in [0.2, 0.25) is 0 Å². The van der Waals surface area contributed by atoms with Crippen LogP contribution in [-0.4, -0.2) is 77.2 Å². The van der Waals surface area contributed by atoms with Crippen molar-refractivity contribution in [3.05, 3.63) is 0 Å². The molecular weight excluding hydrogens is 242 g/mol. The molecule has 18 heavy (non-hydrogen) atoms. The number of aliphatic hydroxyl groups is 2. The van der Waals surface area contributed by atoms with Crippen molar-refractivity contribution < 1.29 is 34.5 Å². The molecule has 110 valence electrons. The first-order valence-electron chi connectivity index (χ1n) is 5.49. The van der Waals surface area contributed by atoms with Gasteiger partial charge in [0.05, 0.1) is 27.7 Å². The summed E-state index contributed by atoms with van der Waals surface area (Å²) in [5.41, 5.74) is 0. The fourth-order valence-corrected chi connectivity index (χ4v) is 0.475. The number of hydrogen-bond donors (Lipinski definition) is 4. The summed E-state index contributed by atoms with van der Waals surface area (Å²) in [5, 5.41) is 32.1. The van der Waals surface area contributed by atoms with Gasteiger partial charge in [-0.25, -0.2) is 4.79 Å². The summed E-state index contributed by atoms with van der Waals surface area (Å²) in [6, 6.07) is 0. The zero-order chi connectivity index (χ0) is 15.4. The van der Waals surface area contributed by atoms with Crippen LogP contribution >= 0.6 is 0 Å². The van der Waals surface area contributed by atoms with Crippen LogP contribution in [0.4, 0.5) is 0 Å². The number of rotatable bonds is 4. The van der Waals surface area contributed by atoms with Crippen LogP contribution < -0.4 is 0 Å². The van der Waals surface area contributed by atoms with Crippen molar-refractivity contribution in [3.63, 3.8) is 0 Å². The van der Waals surface area contributed by atoms with E-state index in [0.717, 1.165) is 18.0 Å². The second-order valence-corrected chi connectivity index (χ2v) is 4.52. The number of carboxylic acid groups (broad SMARTS) is 2. The van der Waals surface area contributed by atoms with Gasteiger partial charge in [-0.1, -0.05) is 6.92 Å². The highest BCUT2D eigenvalue weighted by molar-refractivity contribution is 5.71. The smallest absolute Gasteiger partial charge is 0.332 e. The molecule has 0 aliphatic heterocycles. The Bertz CT molecular complexity index is 220. The SMILES string of the molecule is CC(=O)O.CCC(O)C(=O)O.C[N+](C)(C)CCO. The van der Waals surface area contributed by atoms with E-state index in [-0.39, 0.29) is 13.0 Å². The summed E-state index contributed by atoms with van der Waals surface area (Å²) in [6.45, 7) is 3.81. The minimum Gasteiger partial charge on any atom is -0.481 e. The largest absolute Gasteiger partial charge is 0.481 e. The maximum absolute atomic E-state index is 9.68. The molecule has 0 saturated heterocycles. The normalized spacial score (nSPS) is 11.3. The van der Waals surface area contributed by atoms with E-state index in [2.05, 4.69) is 21.1 Å². The van der Waals surface area contributed by atoms with Gasteiger partial charge in [0.15, 0.2) is 6.10 Å². The van der Waals surface area contributed by atoms with Crippen LogP contribution in [0, 0.1) is 0 Å². The molecule has 0 aromatic heterocycles. The monoisotopic (exact) mass is 268 g/mol. The lowest BCUT2D eigenvalue weighted by Gasteiger charge is -2.21. The minimum atomic E-state index is -1.18. The van der Waals surface area contributed by atoms with Crippen molar-refractivity contribution in [1.29, 1.82) is 0 Å². The van der Waals surface area contributed by atoms with Crippen molar-refractivity contribution in [1.82, 2.24) is 0 Å². The fraction of sp³-hybridized carbons (Fsp3) is 0.818. The van der Waals surface area contributed by atoms with Crippen LogP contribution in [0.5, 0.6) is 0 Å². The second-order valence-electron chi connectivity index (χ2n) is 4.52. The first-order chi connectivity index (χ1) is 7.97. The molecule has 0 bridgehead atoms. The van der Waals surface area contributed by atoms with Gasteiger partial charge in [-0.05, 0) is 6.42 Å². The zero-order valence-electron chi connectivity index (χ0n) is 11.8. The van der Waals surface area contributed by atoms with Crippen LogP contribution in [0.25, 0.3) is 0 Å². The molecule has 1 atom stereocenters. The van der Waals surface area contributed by atoms with E-state index in [0.29, 0.717) is 0 Å². The van der Waals surface area contributed by atoms with E-state index in [1.807, 2.05) is 0 Å². The Morgan fingerprint density at radius 1 is 1.17 bits per heavy atom. The highest BCUT2D eigenvalue weighted by Gasteiger charge is 2.07. The van der Waals surface area contributed by atoms with Gasteiger partial charge in [0.1, 0.15) is 6.54 Å². The maximum atomic E-state index is 9.68. The van der Waals surface area contributed by atoms with E-state index in [9.17, 15) is 4.79 Å². The number of aliphatic carboxylic acids is 2. The number of carboxylic acids is 2. The average molecular weight is 268 g/mol. The summed E-state index contributed by atoms with van der Waals surface area (Å²) >= 11 is 0. The number of quaternary nitrogens is 1. The highest BCUT2D eigenvalue weighted by Crippen LogP contribution is 1.86. The minimum absolute atomic E-state index is 0.273. The Morgan fingerprint density at radius 2 is 1.50 bits per heavy atom. The summed E-state index contributed by atoms with van der Waals surface area (Å²) < 4.78 is 0.844. The van der Waals surface area contributed by atoms with Crippen molar-refractivity contribution in [2.75, 3.05) is 34.3 Å². The molecular formula is C11H26NO6+. The first kappa shape index (κ1) is 22.0. The summed E-state index contributed by atoms with van der Waals surface area (Å²) in [7, 11) is 6.16. The van der Waals surface area contributed by atoms with E-state index < -0.39 is 18.0 Å². The van der Waals surface area contributed by atoms with Gasteiger partial charge in [-0.3, -0.25) is 4.79 Å². The molecule has 0 fully saturated rings. The Balaban J connectivity index is -0.000000196. The van der Waals surface area contributed by atoms with Gasteiger partial charge in [-0.15, -0.1) is 0 Å². The Hall–Kier alpha value is -1.18. The summed E-state index contributed by atoms with van der Waals surface area (Å²) in [5.74, 6) is -1.98. The number of hydrogen-bond acceptors (Lipinski definition) is 4. The van der Waals surface area contributed by atoms with Crippen molar-refractivity contribution in [2.24, 2.45) is 0 Å². The molecule has 0 amide bonds. The van der Waals surface area contributed by atoms with Gasteiger partial charge >= 0.3 is 5.97 Å². The number of likely N-dealkylation sites (N-methyl/N-ethyl adjacent to an activating group) is 1. The molecule has 0 radical (unpaired) electrons. The number of carbonyl (C=O) groups is 2. The van der Waals surface area contributed by atoms with Crippen LogP contribution in [0.1, 0.15) is 20.3 Å². The van der Waals surface area contributed by atoms with E-state index in [1.165, 1.54) is 0 Å². The maximum Gasteiger partial charge on any atom is 0.332 e. The summed E-state index contributed by atoms with van der Waals surface area (Å²) in [6.07, 6.45) is -0.907. The van der Waals surface area contributed by atoms with Gasteiger partial charge in [0, 0.05) is 6.92 Å². The zero-order valence-corrected chi connectivity index (χ0v) is 11.8. The molecule has 0 spiro atoms. The first-order valence-corrected chi connectivity index (χ1v) is 5.49. The molecule has 0 saturated carbocycles. The third-order valence-corrected chi connectivity index (χ3v) is 1.44. The second kappa shape index (κ2) is 12.3. The molecule has 0 aromatic rings. The Kier molecular flexibility index (Phi) is 15.0. The van der Waals surface area contributed by atoms with Gasteiger partial charge in [0.25, 0.3) is 5.97 Å². The van der Waals surface area contributed by atoms with Crippen molar-refractivity contribution in [2.45, 2.75) is 26.4 Å². The lowest BCUT2D eigenvalue weighted by Crippen LogP contribution is -2.36. The van der Waals surface area contributed by atoms with E-state index in [4.69, 9.17) is 25.2 Å². The third kappa shape index (κ3) is 36.4. The highest BCUT2D eigenvalue weighted by atomic mass is 16.4. The predicted molar refractivity (Wildman–Crippen MR) is 67.2 cm³/mol. The molecule has 0 aliphatic rings. The number of nitrogens with zero attached hydrogens (tertiary/aromatic N) is 1. The topological polar surface area (TPSA) is 115 Å². The lowest BCUT2D eigenvalue weighted by atomic mass is 10.3. The van der Waals surface area contributed by atoms with Crippen LogP contribution in [-0.2, 0) is 9.59 Å². The van der Waals surface area contributed by atoms with E-state index >= 15 is 0 Å². The van der Waals surface area contributed by atoms with Crippen molar-refractivity contribution >= 4 is 11.9 Å². The standard InChI is InChI=1S/C5H14NO.C4H8O3.C2H4O2/c1-6(2,3)4-5-7;1-2-3(5)4(6)7;1-2(3)4/h7H,4-5H2,1-3H3;3,5H,2H2,1H3,(H,6,7);1H3,(H,3,4)/q+1;;. The summed E-state index contributed by atoms with van der Waals surface area (Å²) in [4.78, 5) is 18.7. The fourth-order valence-electron chi connectivity index (χ4n) is 0.475. The molecule has 1 unspecified atom stereocenters. The van der Waals surface area contributed by atoms with Gasteiger partial charge < -0.3 is 24.9 Å². The molecule has 0 aromatic carbocycles. The number of aliphatic hydroxyl groups excluding tert-OH is 2. The quantitative estimate of drug-likeness (QED) is 0.517. The van der Waals surface area contributed by atoms with Gasteiger partial charge in [-0.2, -0.15) is 0 Å². The molecule has 7 heteroatoms. The van der Waals surface area contributed by atoms with E-state index in [1.54, 1.807) is 6.92 Å².